The van der Waals surface area contributed by atoms with E-state index < -0.39 is 0 Å². The van der Waals surface area contributed by atoms with Gasteiger partial charge < -0.3 is 39.6 Å². The van der Waals surface area contributed by atoms with E-state index in [0.717, 1.165) is 53.1 Å². The van der Waals surface area contributed by atoms with Gasteiger partial charge in [-0.2, -0.15) is 4.74 Å². The fraction of sp³-hybridized carbons (Fsp3) is 0.317. The zero-order valence-electron chi connectivity index (χ0n) is 30.6. The zero-order chi connectivity index (χ0) is 37.9. The maximum Gasteiger partial charge on any atom is 0.253 e. The summed E-state index contributed by atoms with van der Waals surface area (Å²) in [6.45, 7) is 9.69. The summed E-state index contributed by atoms with van der Waals surface area (Å²) in [6, 6.07) is 21.9. The summed E-state index contributed by atoms with van der Waals surface area (Å²) in [4.78, 5) is 48.5. The van der Waals surface area contributed by atoms with Crippen LogP contribution < -0.4 is 16.0 Å². The molecule has 6 aromatic rings. The fourth-order valence-corrected chi connectivity index (χ4v) is 7.65. The average molecular weight is 742 g/mol. The first-order valence-electron chi connectivity index (χ1n) is 18.9. The number of benzene rings is 3. The summed E-state index contributed by atoms with van der Waals surface area (Å²) in [5, 5.41) is 20.3. The molecule has 0 bridgehead atoms. The van der Waals surface area contributed by atoms with Crippen molar-refractivity contribution in [2.45, 2.75) is 45.2 Å². The molecule has 14 heteroatoms. The molecular formula is C41H43N9O5. The molecule has 9 rings (SSSR count). The minimum Gasteiger partial charge on any atom is -0.619 e. The average Bonchev–Trinajstić information content (AvgIpc) is 3.87. The molecule has 0 unspecified atom stereocenters. The molecule has 3 aromatic carbocycles. The molecule has 1 fully saturated rings. The molecule has 55 heavy (non-hydrogen) atoms. The fourth-order valence-electron chi connectivity index (χ4n) is 7.65. The number of piperidine rings is 1. The van der Waals surface area contributed by atoms with Crippen LogP contribution in [0, 0.1) is 5.21 Å². The van der Waals surface area contributed by atoms with E-state index in [1.54, 1.807) is 24.3 Å². The van der Waals surface area contributed by atoms with Gasteiger partial charge in [-0.05, 0) is 62.3 Å². The van der Waals surface area contributed by atoms with Gasteiger partial charge in [0.15, 0.2) is 11.6 Å². The molecule has 3 aliphatic heterocycles. The van der Waals surface area contributed by atoms with E-state index in [0.29, 0.717) is 84.5 Å². The Morgan fingerprint density at radius 3 is 2.20 bits per heavy atom. The SMILES string of the molecule is C=[N+]([O-])c1cccc(-c2ccc(-c3nc4cccc5c4n3CCNC5=O)o2)c1.O=C(CCc1nc2cccc3c2n1CCNC3=O)NCCN1CCCCC1. The summed E-state index contributed by atoms with van der Waals surface area (Å²) >= 11 is 0. The minimum atomic E-state index is -0.0944. The molecule has 1 saturated heterocycles. The molecule has 282 valence electrons. The minimum absolute atomic E-state index is 0.0544. The molecule has 0 saturated carbocycles. The van der Waals surface area contributed by atoms with E-state index in [-0.39, 0.29) is 17.7 Å². The molecule has 0 aliphatic carbocycles. The molecule has 3 N–H and O–H groups in total. The Morgan fingerprint density at radius 2 is 1.47 bits per heavy atom. The highest BCUT2D eigenvalue weighted by atomic mass is 16.5. The van der Waals surface area contributed by atoms with E-state index in [4.69, 9.17) is 9.40 Å². The second-order valence-electron chi connectivity index (χ2n) is 14.0. The summed E-state index contributed by atoms with van der Waals surface area (Å²) in [5.41, 5.74) is 5.77. The number of hydrogen-bond donors (Lipinski definition) is 3. The Kier molecular flexibility index (Phi) is 10.1. The molecule has 3 aromatic heterocycles. The van der Waals surface area contributed by atoms with Crippen molar-refractivity contribution < 1.29 is 23.5 Å². The standard InChI is InChI=1S/C21H16N4O3.C20H27N5O2/c1-24(27)14-5-2-4-13(12-14)17-8-9-18(28-17)20-23-16-7-3-6-15-19(16)25(20)11-10-22-21(15)26;26-18(21-9-13-24-11-2-1-3-12-24)8-7-17-23-16-6-4-5-15-19(16)25(17)14-10-22-20(15)27/h2-9,12H,1,10-11H2,(H,22,26);4-6H,1-3,7-14H2,(H,21,26)(H,22,27). The Balaban J connectivity index is 0.000000155. The van der Waals surface area contributed by atoms with Crippen LogP contribution in [0.1, 0.15) is 52.2 Å². The van der Waals surface area contributed by atoms with Crippen molar-refractivity contribution in [3.05, 3.63) is 95.0 Å². The van der Waals surface area contributed by atoms with Gasteiger partial charge in [-0.25, -0.2) is 9.97 Å². The lowest BCUT2D eigenvalue weighted by Gasteiger charge is -2.26. The molecule has 0 radical (unpaired) electrons. The monoisotopic (exact) mass is 741 g/mol. The van der Waals surface area contributed by atoms with Gasteiger partial charge in [-0.1, -0.05) is 30.7 Å². The highest BCUT2D eigenvalue weighted by molar-refractivity contribution is 6.06. The Hall–Kier alpha value is -6.28. The van der Waals surface area contributed by atoms with Gasteiger partial charge in [0.05, 0.1) is 33.2 Å². The van der Waals surface area contributed by atoms with Gasteiger partial charge in [0.25, 0.3) is 11.8 Å². The van der Waals surface area contributed by atoms with E-state index in [9.17, 15) is 19.6 Å². The summed E-state index contributed by atoms with van der Waals surface area (Å²) in [5.74, 6) is 2.69. The predicted octanol–water partition coefficient (Wildman–Crippen LogP) is 4.86. The molecule has 0 spiro atoms. The number of nitrogens with zero attached hydrogens (tertiary/aromatic N) is 6. The number of carbonyl (C=O) groups excluding carboxylic acids is 3. The number of likely N-dealkylation sites (tertiary alicyclic amines) is 1. The number of para-hydroxylation sites is 2. The number of furan rings is 1. The van der Waals surface area contributed by atoms with E-state index in [1.165, 1.54) is 19.3 Å². The van der Waals surface area contributed by atoms with Crippen molar-refractivity contribution >= 4 is 52.2 Å². The van der Waals surface area contributed by atoms with Crippen molar-refractivity contribution in [1.29, 1.82) is 0 Å². The maximum absolute atomic E-state index is 12.3. The summed E-state index contributed by atoms with van der Waals surface area (Å²) in [6.07, 6.45) is 4.86. The molecule has 6 heterocycles. The highest BCUT2D eigenvalue weighted by Gasteiger charge is 2.24. The topological polar surface area (TPSA) is 165 Å². The van der Waals surface area contributed by atoms with Crippen LogP contribution in [0.2, 0.25) is 0 Å². The van der Waals surface area contributed by atoms with Gasteiger partial charge in [0, 0.05) is 69.8 Å². The van der Waals surface area contributed by atoms with Crippen molar-refractivity contribution in [2.24, 2.45) is 0 Å². The number of aromatic nitrogens is 4. The lowest BCUT2D eigenvalue weighted by Crippen LogP contribution is -2.37. The van der Waals surface area contributed by atoms with Gasteiger partial charge in [-0.3, -0.25) is 14.4 Å². The largest absolute Gasteiger partial charge is 0.619 e. The van der Waals surface area contributed by atoms with Crippen molar-refractivity contribution in [2.75, 3.05) is 39.3 Å². The van der Waals surface area contributed by atoms with Crippen LogP contribution in [0.4, 0.5) is 5.69 Å². The van der Waals surface area contributed by atoms with Crippen molar-refractivity contribution in [1.82, 2.24) is 40.0 Å². The first-order valence-corrected chi connectivity index (χ1v) is 18.9. The molecule has 3 aliphatic rings. The van der Waals surface area contributed by atoms with Crippen LogP contribution >= 0.6 is 0 Å². The highest BCUT2D eigenvalue weighted by Crippen LogP contribution is 2.33. The van der Waals surface area contributed by atoms with Crippen LogP contribution in [0.15, 0.2) is 77.2 Å². The van der Waals surface area contributed by atoms with Gasteiger partial charge in [-0.15, -0.1) is 0 Å². The van der Waals surface area contributed by atoms with Crippen LogP contribution in [-0.2, 0) is 24.3 Å². The Bertz CT molecular complexity index is 2420. The van der Waals surface area contributed by atoms with Crippen molar-refractivity contribution in [3.8, 4) is 22.9 Å². The molecule has 3 amide bonds. The van der Waals surface area contributed by atoms with Crippen LogP contribution in [0.25, 0.3) is 45.0 Å². The van der Waals surface area contributed by atoms with Crippen LogP contribution in [-0.4, -0.2) is 92.4 Å². The number of nitrogens with one attached hydrogen (secondary N) is 3. The van der Waals surface area contributed by atoms with E-state index in [1.807, 2.05) is 53.1 Å². The lowest BCUT2D eigenvalue weighted by atomic mass is 10.1. The lowest BCUT2D eigenvalue weighted by molar-refractivity contribution is -0.349. The van der Waals surface area contributed by atoms with Gasteiger partial charge in [0.2, 0.25) is 11.6 Å². The number of amides is 3. The number of aryl methyl sites for hydroxylation is 1. The molecule has 0 atom stereocenters. The van der Waals surface area contributed by atoms with Gasteiger partial charge in [0.1, 0.15) is 18.3 Å². The maximum atomic E-state index is 12.3. The second kappa shape index (κ2) is 15.6. The smallest absolute Gasteiger partial charge is 0.253 e. The summed E-state index contributed by atoms with van der Waals surface area (Å²) in [7, 11) is 0. The third-order valence-corrected chi connectivity index (χ3v) is 10.4. The third-order valence-electron chi connectivity index (χ3n) is 10.4. The first kappa shape index (κ1) is 35.7. The number of carbonyl (C=O) groups is 3. The molecular weight excluding hydrogens is 699 g/mol. The van der Waals surface area contributed by atoms with Gasteiger partial charge >= 0.3 is 0 Å². The van der Waals surface area contributed by atoms with E-state index in [2.05, 4.69) is 37.1 Å². The Labute approximate surface area is 317 Å². The second-order valence-corrected chi connectivity index (χ2v) is 14.0. The molecule has 14 nitrogen and oxygen atoms in total. The first-order chi connectivity index (χ1) is 26.8. The van der Waals surface area contributed by atoms with Crippen LogP contribution in [0.3, 0.4) is 0 Å². The Morgan fingerprint density at radius 1 is 0.818 bits per heavy atom. The quantitative estimate of drug-likeness (QED) is 0.0818. The number of hydrogen-bond acceptors (Lipinski definition) is 8. The zero-order valence-corrected chi connectivity index (χ0v) is 30.6. The van der Waals surface area contributed by atoms with Crippen LogP contribution in [0.5, 0.6) is 0 Å². The third kappa shape index (κ3) is 7.45. The number of imidazole rings is 2. The van der Waals surface area contributed by atoms with E-state index >= 15 is 0 Å². The number of rotatable bonds is 9. The predicted molar refractivity (Wildman–Crippen MR) is 209 cm³/mol. The normalized spacial score (nSPS) is 15.4. The van der Waals surface area contributed by atoms with Crippen molar-refractivity contribution in [3.63, 3.8) is 0 Å². The summed E-state index contributed by atoms with van der Waals surface area (Å²) < 4.78 is 10.7.